The SMILES string of the molecule is CC1Cc2cc(S(=O)(=O)N(C)CCn3cccn3)cc(Cl)c2O1. The summed E-state index contributed by atoms with van der Waals surface area (Å²) >= 11 is 6.19. The number of ether oxygens (including phenoxy) is 1. The number of rotatable bonds is 5. The molecule has 0 radical (unpaired) electrons. The van der Waals surface area contributed by atoms with Crippen LogP contribution in [0.25, 0.3) is 0 Å². The molecule has 0 saturated heterocycles. The van der Waals surface area contributed by atoms with Crippen molar-refractivity contribution in [2.24, 2.45) is 0 Å². The van der Waals surface area contributed by atoms with Crippen LogP contribution in [-0.4, -0.2) is 42.2 Å². The van der Waals surface area contributed by atoms with Crippen molar-refractivity contribution in [1.29, 1.82) is 0 Å². The molecule has 0 saturated carbocycles. The van der Waals surface area contributed by atoms with Crippen LogP contribution < -0.4 is 4.74 Å². The molecule has 0 aliphatic carbocycles. The third kappa shape index (κ3) is 3.22. The van der Waals surface area contributed by atoms with Gasteiger partial charge in [-0.15, -0.1) is 0 Å². The van der Waals surface area contributed by atoms with Crippen molar-refractivity contribution in [2.45, 2.75) is 30.9 Å². The van der Waals surface area contributed by atoms with E-state index in [1.54, 1.807) is 36.3 Å². The Morgan fingerprint density at radius 3 is 2.96 bits per heavy atom. The molecular weight excluding hydrogens is 338 g/mol. The molecule has 6 nitrogen and oxygen atoms in total. The lowest BCUT2D eigenvalue weighted by atomic mass is 10.1. The monoisotopic (exact) mass is 355 g/mol. The second-order valence-electron chi connectivity index (χ2n) is 5.62. The van der Waals surface area contributed by atoms with Gasteiger partial charge in [0.1, 0.15) is 11.9 Å². The van der Waals surface area contributed by atoms with E-state index in [2.05, 4.69) is 5.10 Å². The van der Waals surface area contributed by atoms with Gasteiger partial charge in [-0.2, -0.15) is 9.40 Å². The Labute approximate surface area is 140 Å². The maximum Gasteiger partial charge on any atom is 0.242 e. The Morgan fingerprint density at radius 2 is 2.26 bits per heavy atom. The van der Waals surface area contributed by atoms with Gasteiger partial charge in [-0.1, -0.05) is 11.6 Å². The van der Waals surface area contributed by atoms with E-state index in [0.29, 0.717) is 30.3 Å². The van der Waals surface area contributed by atoms with Gasteiger partial charge < -0.3 is 4.74 Å². The molecule has 1 aliphatic heterocycles. The largest absolute Gasteiger partial charge is 0.489 e. The van der Waals surface area contributed by atoms with Crippen molar-refractivity contribution in [2.75, 3.05) is 13.6 Å². The molecule has 1 aliphatic rings. The summed E-state index contributed by atoms with van der Waals surface area (Å²) in [6.07, 6.45) is 4.13. The summed E-state index contributed by atoms with van der Waals surface area (Å²) in [5.74, 6) is 0.595. The van der Waals surface area contributed by atoms with Crippen LogP contribution in [0.1, 0.15) is 12.5 Å². The number of sulfonamides is 1. The molecule has 0 spiro atoms. The molecule has 2 aromatic rings. The van der Waals surface area contributed by atoms with E-state index in [4.69, 9.17) is 16.3 Å². The topological polar surface area (TPSA) is 64.4 Å². The third-order valence-corrected chi connectivity index (χ3v) is 5.95. The summed E-state index contributed by atoms with van der Waals surface area (Å²) in [4.78, 5) is 0.196. The average Bonchev–Trinajstić information content (AvgIpc) is 3.13. The molecule has 0 amide bonds. The summed E-state index contributed by atoms with van der Waals surface area (Å²) in [6.45, 7) is 2.74. The summed E-state index contributed by atoms with van der Waals surface area (Å²) in [7, 11) is -2.05. The number of benzene rings is 1. The molecule has 0 bridgehead atoms. The zero-order valence-corrected chi connectivity index (χ0v) is 14.5. The summed E-state index contributed by atoms with van der Waals surface area (Å²) in [6, 6.07) is 4.92. The molecular formula is C15H18ClN3O3S. The van der Waals surface area contributed by atoms with Crippen molar-refractivity contribution >= 4 is 21.6 Å². The fourth-order valence-corrected chi connectivity index (χ4v) is 4.17. The summed E-state index contributed by atoms with van der Waals surface area (Å²) in [5.41, 5.74) is 0.837. The molecule has 23 heavy (non-hydrogen) atoms. The minimum absolute atomic E-state index is 0.0120. The Balaban J connectivity index is 1.82. The van der Waals surface area contributed by atoms with Gasteiger partial charge in [0, 0.05) is 38.0 Å². The highest BCUT2D eigenvalue weighted by Gasteiger charge is 2.28. The number of hydrogen-bond acceptors (Lipinski definition) is 4. The summed E-state index contributed by atoms with van der Waals surface area (Å²) in [5, 5.41) is 4.41. The predicted octanol–water partition coefficient (Wildman–Crippen LogP) is 2.18. The summed E-state index contributed by atoms with van der Waals surface area (Å²) < 4.78 is 34.1. The van der Waals surface area contributed by atoms with Gasteiger partial charge in [-0.05, 0) is 25.1 Å². The molecule has 124 valence electrons. The highest BCUT2D eigenvalue weighted by atomic mass is 35.5. The van der Waals surface area contributed by atoms with Gasteiger partial charge in [0.15, 0.2) is 0 Å². The Hall–Kier alpha value is -1.57. The predicted molar refractivity (Wildman–Crippen MR) is 87.3 cm³/mol. The quantitative estimate of drug-likeness (QED) is 0.824. The van der Waals surface area contributed by atoms with Gasteiger partial charge in [-0.25, -0.2) is 8.42 Å². The lowest BCUT2D eigenvalue weighted by Crippen LogP contribution is -2.30. The van der Waals surface area contributed by atoms with Crippen molar-refractivity contribution in [3.8, 4) is 5.75 Å². The van der Waals surface area contributed by atoms with Crippen LogP contribution in [-0.2, 0) is 23.0 Å². The number of likely N-dealkylation sites (N-methyl/N-ethyl adjacent to an activating group) is 1. The van der Waals surface area contributed by atoms with Crippen LogP contribution in [0.15, 0.2) is 35.5 Å². The lowest BCUT2D eigenvalue weighted by molar-refractivity contribution is 0.255. The van der Waals surface area contributed by atoms with Crippen LogP contribution in [0.3, 0.4) is 0 Å². The van der Waals surface area contributed by atoms with E-state index in [0.717, 1.165) is 5.56 Å². The van der Waals surface area contributed by atoms with Crippen LogP contribution in [0.4, 0.5) is 0 Å². The van der Waals surface area contributed by atoms with Crippen molar-refractivity contribution < 1.29 is 13.2 Å². The van der Waals surface area contributed by atoms with Gasteiger partial charge in [-0.3, -0.25) is 4.68 Å². The molecule has 0 N–H and O–H groups in total. The molecule has 8 heteroatoms. The maximum absolute atomic E-state index is 12.7. The number of hydrogen-bond donors (Lipinski definition) is 0. The minimum Gasteiger partial charge on any atom is -0.489 e. The zero-order valence-electron chi connectivity index (χ0n) is 12.9. The fraction of sp³-hybridized carbons (Fsp3) is 0.400. The standard InChI is InChI=1S/C15H18ClN3O3S/c1-11-8-12-9-13(10-14(16)15(12)22-11)23(20,21)18(2)6-7-19-5-3-4-17-19/h3-5,9-11H,6-8H2,1-2H3. The van der Waals surface area contributed by atoms with Crippen LogP contribution >= 0.6 is 11.6 Å². The van der Waals surface area contributed by atoms with E-state index >= 15 is 0 Å². The first kappa shape index (κ1) is 16.3. The zero-order chi connectivity index (χ0) is 16.6. The Kier molecular flexibility index (Phi) is 4.35. The van der Waals surface area contributed by atoms with E-state index < -0.39 is 10.0 Å². The molecule has 1 aromatic heterocycles. The normalized spacial score (nSPS) is 17.3. The van der Waals surface area contributed by atoms with Gasteiger partial charge in [0.25, 0.3) is 0 Å². The van der Waals surface area contributed by atoms with Crippen molar-refractivity contribution in [3.05, 3.63) is 41.2 Å². The van der Waals surface area contributed by atoms with Crippen molar-refractivity contribution in [1.82, 2.24) is 14.1 Å². The maximum atomic E-state index is 12.7. The fourth-order valence-electron chi connectivity index (χ4n) is 2.58. The molecule has 0 fully saturated rings. The van der Waals surface area contributed by atoms with E-state index in [9.17, 15) is 8.42 Å². The highest BCUT2D eigenvalue weighted by Crippen LogP contribution is 2.38. The number of aromatic nitrogens is 2. The van der Waals surface area contributed by atoms with Gasteiger partial charge in [0.2, 0.25) is 10.0 Å². The van der Waals surface area contributed by atoms with Crippen LogP contribution in [0, 0.1) is 0 Å². The average molecular weight is 356 g/mol. The third-order valence-electron chi connectivity index (χ3n) is 3.83. The first-order valence-electron chi connectivity index (χ1n) is 7.31. The second kappa shape index (κ2) is 6.14. The minimum atomic E-state index is -3.60. The van der Waals surface area contributed by atoms with E-state index in [-0.39, 0.29) is 11.0 Å². The van der Waals surface area contributed by atoms with E-state index in [1.807, 2.05) is 6.92 Å². The number of nitrogens with zero attached hydrogens (tertiary/aromatic N) is 3. The highest BCUT2D eigenvalue weighted by molar-refractivity contribution is 7.89. The van der Waals surface area contributed by atoms with Gasteiger partial charge >= 0.3 is 0 Å². The Bertz CT molecular complexity index is 806. The molecule has 1 atom stereocenters. The molecule has 1 unspecified atom stereocenters. The first-order chi connectivity index (χ1) is 10.9. The molecule has 2 heterocycles. The Morgan fingerprint density at radius 1 is 1.48 bits per heavy atom. The lowest BCUT2D eigenvalue weighted by Gasteiger charge is -2.18. The number of halogens is 1. The van der Waals surface area contributed by atoms with Crippen LogP contribution in [0.5, 0.6) is 5.75 Å². The number of fused-ring (bicyclic) bond motifs is 1. The molecule has 1 aromatic carbocycles. The first-order valence-corrected chi connectivity index (χ1v) is 9.12. The van der Waals surface area contributed by atoms with E-state index in [1.165, 1.54) is 10.4 Å². The second-order valence-corrected chi connectivity index (χ2v) is 8.07. The van der Waals surface area contributed by atoms with Crippen LogP contribution in [0.2, 0.25) is 5.02 Å². The van der Waals surface area contributed by atoms with Gasteiger partial charge in [0.05, 0.1) is 16.5 Å². The van der Waals surface area contributed by atoms with Crippen molar-refractivity contribution in [3.63, 3.8) is 0 Å². The molecule has 3 rings (SSSR count). The smallest absolute Gasteiger partial charge is 0.242 e.